The van der Waals surface area contributed by atoms with E-state index < -0.39 is 0 Å². The van der Waals surface area contributed by atoms with Gasteiger partial charge in [0.05, 0.1) is 13.2 Å². The number of nitrogens with one attached hydrogen (secondary N) is 1. The molecule has 7 heteroatoms. The van der Waals surface area contributed by atoms with Gasteiger partial charge in [0.15, 0.2) is 0 Å². The maximum absolute atomic E-state index is 12.3. The second-order valence-electron chi connectivity index (χ2n) is 5.65. The smallest absolute Gasteiger partial charge is 0.272 e. The van der Waals surface area contributed by atoms with Crippen molar-refractivity contribution in [3.05, 3.63) is 18.0 Å². The predicted molar refractivity (Wildman–Crippen MR) is 82.9 cm³/mol. The Hall–Kier alpha value is -1.73. The Kier molecular flexibility index (Phi) is 5.18. The van der Waals surface area contributed by atoms with Crippen molar-refractivity contribution in [2.24, 2.45) is 0 Å². The summed E-state index contributed by atoms with van der Waals surface area (Å²) in [6.07, 6.45) is 3.82. The molecule has 0 aliphatic carbocycles. The molecule has 0 aromatic carbocycles. The molecule has 0 unspecified atom stereocenters. The highest BCUT2D eigenvalue weighted by molar-refractivity contribution is 5.92. The van der Waals surface area contributed by atoms with Gasteiger partial charge in [-0.25, -0.2) is 9.97 Å². The van der Waals surface area contributed by atoms with Gasteiger partial charge in [0.25, 0.3) is 5.91 Å². The van der Waals surface area contributed by atoms with Crippen LogP contribution in [0.25, 0.3) is 0 Å². The molecule has 0 spiro atoms. The standard InChI is InChI=1S/C15H23N5O2/c21-14(20-6-1-2-7-20)13-3-4-16-15(18-13)17-5-8-19-9-11-22-12-10-19/h3-4H,1-2,5-12H2,(H,16,17,18). The van der Waals surface area contributed by atoms with Crippen LogP contribution in [0.3, 0.4) is 0 Å². The summed E-state index contributed by atoms with van der Waals surface area (Å²) in [5.41, 5.74) is 0.478. The van der Waals surface area contributed by atoms with Crippen LogP contribution in [0.4, 0.5) is 5.95 Å². The molecule has 3 rings (SSSR count). The first-order valence-electron chi connectivity index (χ1n) is 7.99. The molecule has 2 saturated heterocycles. The molecule has 22 heavy (non-hydrogen) atoms. The number of hydrogen-bond donors (Lipinski definition) is 1. The van der Waals surface area contributed by atoms with Crippen molar-refractivity contribution in [3.63, 3.8) is 0 Å². The summed E-state index contributed by atoms with van der Waals surface area (Å²) in [6.45, 7) is 6.91. The number of aromatic nitrogens is 2. The quantitative estimate of drug-likeness (QED) is 0.852. The molecule has 3 heterocycles. The summed E-state index contributed by atoms with van der Waals surface area (Å²) < 4.78 is 5.33. The first kappa shape index (κ1) is 15.2. The van der Waals surface area contributed by atoms with E-state index in [2.05, 4.69) is 20.2 Å². The van der Waals surface area contributed by atoms with Crippen molar-refractivity contribution < 1.29 is 9.53 Å². The fraction of sp³-hybridized carbons (Fsp3) is 0.667. The largest absolute Gasteiger partial charge is 0.379 e. The van der Waals surface area contributed by atoms with Crippen molar-refractivity contribution in [2.45, 2.75) is 12.8 Å². The summed E-state index contributed by atoms with van der Waals surface area (Å²) in [6, 6.07) is 1.69. The number of carbonyl (C=O) groups is 1. The van der Waals surface area contributed by atoms with E-state index in [1.54, 1.807) is 12.3 Å². The van der Waals surface area contributed by atoms with Gasteiger partial charge < -0.3 is 15.0 Å². The van der Waals surface area contributed by atoms with Crippen LogP contribution in [0.5, 0.6) is 0 Å². The molecule has 0 radical (unpaired) electrons. The molecular weight excluding hydrogens is 282 g/mol. The van der Waals surface area contributed by atoms with E-state index in [1.807, 2.05) is 4.90 Å². The SMILES string of the molecule is O=C(c1ccnc(NCCN2CCOCC2)n1)N1CCCC1. The van der Waals surface area contributed by atoms with E-state index >= 15 is 0 Å². The minimum absolute atomic E-state index is 0.0103. The Bertz CT molecular complexity index is 498. The van der Waals surface area contributed by atoms with Gasteiger partial charge in [-0.2, -0.15) is 0 Å². The van der Waals surface area contributed by atoms with Crippen LogP contribution in [0, 0.1) is 0 Å². The van der Waals surface area contributed by atoms with E-state index in [0.29, 0.717) is 11.6 Å². The van der Waals surface area contributed by atoms with E-state index in [0.717, 1.165) is 65.3 Å². The molecule has 1 N–H and O–H groups in total. The third kappa shape index (κ3) is 3.92. The van der Waals surface area contributed by atoms with Gasteiger partial charge in [0, 0.05) is 45.5 Å². The Balaban J connectivity index is 1.51. The van der Waals surface area contributed by atoms with Gasteiger partial charge in [0.2, 0.25) is 5.95 Å². The molecule has 1 amide bonds. The monoisotopic (exact) mass is 305 g/mol. The Morgan fingerprint density at radius 2 is 2.00 bits per heavy atom. The summed E-state index contributed by atoms with van der Waals surface area (Å²) in [4.78, 5) is 25.0. The lowest BCUT2D eigenvalue weighted by atomic mass is 10.3. The lowest BCUT2D eigenvalue weighted by molar-refractivity contribution is 0.0398. The molecule has 120 valence electrons. The van der Waals surface area contributed by atoms with E-state index in [9.17, 15) is 4.79 Å². The minimum atomic E-state index is 0.0103. The lowest BCUT2D eigenvalue weighted by Gasteiger charge is -2.26. The number of hydrogen-bond acceptors (Lipinski definition) is 6. The van der Waals surface area contributed by atoms with Crippen LogP contribution in [0.15, 0.2) is 12.3 Å². The molecule has 7 nitrogen and oxygen atoms in total. The first-order valence-corrected chi connectivity index (χ1v) is 7.99. The van der Waals surface area contributed by atoms with Crippen molar-refractivity contribution in [3.8, 4) is 0 Å². The zero-order chi connectivity index (χ0) is 15.2. The molecule has 0 atom stereocenters. The number of ether oxygens (including phenoxy) is 1. The van der Waals surface area contributed by atoms with Crippen LogP contribution in [0.2, 0.25) is 0 Å². The maximum Gasteiger partial charge on any atom is 0.272 e. The van der Waals surface area contributed by atoms with Crippen molar-refractivity contribution in [2.75, 3.05) is 57.8 Å². The number of carbonyl (C=O) groups excluding carboxylic acids is 1. The molecular formula is C15H23N5O2. The molecule has 2 aliphatic rings. The first-order chi connectivity index (χ1) is 10.8. The average molecular weight is 305 g/mol. The van der Waals surface area contributed by atoms with Crippen molar-refractivity contribution in [1.82, 2.24) is 19.8 Å². The summed E-state index contributed by atoms with van der Waals surface area (Å²) in [5, 5.41) is 3.20. The molecule has 0 bridgehead atoms. The fourth-order valence-electron chi connectivity index (χ4n) is 2.80. The normalized spacial score (nSPS) is 19.4. The number of likely N-dealkylation sites (tertiary alicyclic amines) is 1. The van der Waals surface area contributed by atoms with Gasteiger partial charge in [-0.1, -0.05) is 0 Å². The Labute approximate surface area is 130 Å². The number of nitrogens with zero attached hydrogens (tertiary/aromatic N) is 4. The van der Waals surface area contributed by atoms with E-state index in [1.165, 1.54) is 0 Å². The summed E-state index contributed by atoms with van der Waals surface area (Å²) in [5.74, 6) is 0.537. The number of morpholine rings is 1. The van der Waals surface area contributed by atoms with Gasteiger partial charge >= 0.3 is 0 Å². The second-order valence-corrected chi connectivity index (χ2v) is 5.65. The minimum Gasteiger partial charge on any atom is -0.379 e. The van der Waals surface area contributed by atoms with Gasteiger partial charge in [0.1, 0.15) is 5.69 Å². The van der Waals surface area contributed by atoms with Crippen LogP contribution in [-0.2, 0) is 4.74 Å². The van der Waals surface area contributed by atoms with Crippen LogP contribution >= 0.6 is 0 Å². The fourth-order valence-corrected chi connectivity index (χ4v) is 2.80. The zero-order valence-electron chi connectivity index (χ0n) is 12.8. The maximum atomic E-state index is 12.3. The average Bonchev–Trinajstić information content (AvgIpc) is 3.10. The van der Waals surface area contributed by atoms with Gasteiger partial charge in [-0.05, 0) is 18.9 Å². The van der Waals surface area contributed by atoms with Crippen molar-refractivity contribution in [1.29, 1.82) is 0 Å². The van der Waals surface area contributed by atoms with E-state index in [-0.39, 0.29) is 5.91 Å². The molecule has 1 aromatic rings. The Morgan fingerprint density at radius 1 is 1.23 bits per heavy atom. The molecule has 2 aliphatic heterocycles. The summed E-state index contributed by atoms with van der Waals surface area (Å²) >= 11 is 0. The Morgan fingerprint density at radius 3 is 2.77 bits per heavy atom. The van der Waals surface area contributed by atoms with Crippen LogP contribution in [-0.4, -0.2) is 78.2 Å². The number of amides is 1. The van der Waals surface area contributed by atoms with Crippen molar-refractivity contribution >= 4 is 11.9 Å². The highest BCUT2D eigenvalue weighted by Gasteiger charge is 2.20. The predicted octanol–water partition coefficient (Wildman–Crippen LogP) is 0.457. The zero-order valence-corrected chi connectivity index (χ0v) is 12.8. The highest BCUT2D eigenvalue weighted by atomic mass is 16.5. The molecule has 0 saturated carbocycles. The third-order valence-electron chi connectivity index (χ3n) is 4.08. The molecule has 2 fully saturated rings. The highest BCUT2D eigenvalue weighted by Crippen LogP contribution is 2.12. The molecule has 1 aromatic heterocycles. The number of rotatable bonds is 5. The number of anilines is 1. The van der Waals surface area contributed by atoms with Crippen LogP contribution in [0.1, 0.15) is 23.3 Å². The third-order valence-corrected chi connectivity index (χ3v) is 4.08. The van der Waals surface area contributed by atoms with E-state index in [4.69, 9.17) is 4.74 Å². The van der Waals surface area contributed by atoms with Crippen LogP contribution < -0.4 is 5.32 Å². The summed E-state index contributed by atoms with van der Waals surface area (Å²) in [7, 11) is 0. The lowest BCUT2D eigenvalue weighted by Crippen LogP contribution is -2.39. The van der Waals surface area contributed by atoms with Gasteiger partial charge in [-0.15, -0.1) is 0 Å². The van der Waals surface area contributed by atoms with Gasteiger partial charge in [-0.3, -0.25) is 9.69 Å². The second kappa shape index (κ2) is 7.51. The topological polar surface area (TPSA) is 70.6 Å².